The standard InChI is InChI=1S/C7H14/c1-7-5-3-2-4-6-7/h7H,2-6H2,1H3/i1T. The van der Waals surface area contributed by atoms with Gasteiger partial charge in [0.25, 0.3) is 0 Å². The van der Waals surface area contributed by atoms with Crippen molar-refractivity contribution in [3.63, 3.8) is 0 Å². The first-order valence-electron chi connectivity index (χ1n) is 3.93. The largest absolute Gasteiger partial charge is 0.0625 e. The highest BCUT2D eigenvalue weighted by atomic mass is 14.1. The highest BCUT2D eigenvalue weighted by Crippen LogP contribution is 2.21. The average Bonchev–Trinajstić information content (AvgIpc) is 1.90. The zero-order valence-electron chi connectivity index (χ0n) is 5.82. The minimum absolute atomic E-state index is 0.667. The highest BCUT2D eigenvalue weighted by Gasteiger charge is 2.05. The molecule has 7 heavy (non-hydrogen) atoms. The van der Waals surface area contributed by atoms with Crippen LogP contribution in [0, 0.1) is 5.92 Å². The average molecular weight is 100 g/mol. The molecule has 0 aromatic carbocycles. The first kappa shape index (κ1) is 3.94. The molecule has 0 N–H and O–H groups in total. The zero-order valence-corrected chi connectivity index (χ0v) is 4.82. The maximum atomic E-state index is 7.10. The maximum absolute atomic E-state index is 7.10. The third kappa shape index (κ3) is 1.50. The van der Waals surface area contributed by atoms with Crippen LogP contribution >= 0.6 is 0 Å². The molecule has 0 atom stereocenters. The van der Waals surface area contributed by atoms with E-state index in [9.17, 15) is 0 Å². The molecule has 1 rings (SSSR count). The Kier molecular flexibility index (Phi) is 1.32. The first-order valence-corrected chi connectivity index (χ1v) is 3.22. The third-order valence-corrected chi connectivity index (χ3v) is 1.72. The summed E-state index contributed by atoms with van der Waals surface area (Å²) >= 11 is 0. The first-order chi connectivity index (χ1) is 3.93. The van der Waals surface area contributed by atoms with Gasteiger partial charge in [-0.3, -0.25) is 0 Å². The molecular formula is C7H14. The lowest BCUT2D eigenvalue weighted by Crippen LogP contribution is -1.99. The van der Waals surface area contributed by atoms with Crippen LogP contribution in [0.5, 0.6) is 0 Å². The van der Waals surface area contributed by atoms with Crippen molar-refractivity contribution in [1.29, 1.82) is 0 Å². The van der Waals surface area contributed by atoms with E-state index in [1.54, 1.807) is 0 Å². The molecule has 1 fully saturated rings. The second kappa shape index (κ2) is 2.34. The lowest BCUT2D eigenvalue weighted by molar-refractivity contribution is 0.385. The van der Waals surface area contributed by atoms with Crippen LogP contribution < -0.4 is 0 Å². The fourth-order valence-electron chi connectivity index (χ4n) is 1.19. The van der Waals surface area contributed by atoms with Gasteiger partial charge in [-0.15, -0.1) is 0 Å². The van der Waals surface area contributed by atoms with Crippen molar-refractivity contribution >= 4 is 0 Å². The molecule has 0 aromatic rings. The summed E-state index contributed by atoms with van der Waals surface area (Å²) in [4.78, 5) is 0. The van der Waals surface area contributed by atoms with E-state index in [0.717, 1.165) is 5.92 Å². The van der Waals surface area contributed by atoms with Gasteiger partial charge in [-0.2, -0.15) is 0 Å². The Morgan fingerprint density at radius 2 is 2.00 bits per heavy atom. The molecule has 1 aliphatic rings. The summed E-state index contributed by atoms with van der Waals surface area (Å²) in [6, 6.07) is 0. The summed E-state index contributed by atoms with van der Waals surface area (Å²) in [5.41, 5.74) is 0. The van der Waals surface area contributed by atoms with Crippen molar-refractivity contribution in [2.45, 2.75) is 39.0 Å². The Balaban J connectivity index is 2.13. The van der Waals surface area contributed by atoms with Gasteiger partial charge < -0.3 is 0 Å². The Hall–Kier alpha value is 0. The van der Waals surface area contributed by atoms with Crippen molar-refractivity contribution in [3.8, 4) is 0 Å². The minimum Gasteiger partial charge on any atom is -0.0625 e. The lowest BCUT2D eigenvalue weighted by atomic mass is 9.91. The normalized spacial score (nSPS) is 27.1. The summed E-state index contributed by atoms with van der Waals surface area (Å²) in [5, 5.41) is 0. The van der Waals surface area contributed by atoms with Crippen molar-refractivity contribution in [2.75, 3.05) is 0 Å². The SMILES string of the molecule is [3H]CC1CCCCC1. The van der Waals surface area contributed by atoms with E-state index in [-0.39, 0.29) is 0 Å². The molecule has 0 heterocycles. The lowest BCUT2D eigenvalue weighted by Gasteiger charge is -2.15. The summed E-state index contributed by atoms with van der Waals surface area (Å²) in [6.45, 7) is 0.667. The second-order valence-corrected chi connectivity index (χ2v) is 2.50. The minimum atomic E-state index is 0.667. The molecule has 0 radical (unpaired) electrons. The molecular weight excluding hydrogens is 84.1 g/mol. The predicted octanol–water partition coefficient (Wildman–Crippen LogP) is 2.59. The van der Waals surface area contributed by atoms with Crippen molar-refractivity contribution in [3.05, 3.63) is 0 Å². The van der Waals surface area contributed by atoms with Crippen molar-refractivity contribution in [2.24, 2.45) is 5.92 Å². The second-order valence-electron chi connectivity index (χ2n) is 2.50. The molecule has 0 bridgehead atoms. The number of hydrogen-bond acceptors (Lipinski definition) is 0. The topological polar surface area (TPSA) is 0 Å². The summed E-state index contributed by atoms with van der Waals surface area (Å²) in [6.07, 6.45) is 6.82. The number of hydrogen-bond donors (Lipinski definition) is 0. The van der Waals surface area contributed by atoms with Crippen molar-refractivity contribution < 1.29 is 1.37 Å². The maximum Gasteiger partial charge on any atom is 0.0233 e. The molecule has 0 aromatic heterocycles. The van der Waals surface area contributed by atoms with E-state index in [4.69, 9.17) is 1.37 Å². The van der Waals surface area contributed by atoms with E-state index in [1.165, 1.54) is 32.1 Å². The Bertz CT molecular complexity index is 55.4. The quantitative estimate of drug-likeness (QED) is 0.439. The van der Waals surface area contributed by atoms with Gasteiger partial charge in [0, 0.05) is 1.37 Å². The fourth-order valence-corrected chi connectivity index (χ4v) is 1.19. The van der Waals surface area contributed by atoms with Gasteiger partial charge in [0.1, 0.15) is 0 Å². The van der Waals surface area contributed by atoms with Crippen LogP contribution in [0.1, 0.15) is 40.4 Å². The summed E-state index contributed by atoms with van der Waals surface area (Å²) in [5.74, 6) is 0.753. The smallest absolute Gasteiger partial charge is 0.0233 e. The molecule has 0 heteroatoms. The molecule has 1 aliphatic carbocycles. The van der Waals surface area contributed by atoms with E-state index in [1.807, 2.05) is 0 Å². The van der Waals surface area contributed by atoms with E-state index >= 15 is 0 Å². The van der Waals surface area contributed by atoms with Gasteiger partial charge in [0.2, 0.25) is 0 Å². The molecule has 0 spiro atoms. The zero-order chi connectivity index (χ0) is 5.82. The molecule has 1 saturated carbocycles. The van der Waals surface area contributed by atoms with Gasteiger partial charge in [0.05, 0.1) is 0 Å². The van der Waals surface area contributed by atoms with Crippen LogP contribution in [0.15, 0.2) is 0 Å². The number of rotatable bonds is 0. The molecule has 0 saturated heterocycles. The van der Waals surface area contributed by atoms with Crippen LogP contribution in [0.4, 0.5) is 0 Å². The van der Waals surface area contributed by atoms with Crippen LogP contribution in [0.2, 0.25) is 0 Å². The Morgan fingerprint density at radius 3 is 2.43 bits per heavy atom. The van der Waals surface area contributed by atoms with E-state index in [0.29, 0.717) is 6.90 Å². The summed E-state index contributed by atoms with van der Waals surface area (Å²) < 4.78 is 7.10. The van der Waals surface area contributed by atoms with Gasteiger partial charge in [0.15, 0.2) is 0 Å². The van der Waals surface area contributed by atoms with E-state index in [2.05, 4.69) is 0 Å². The van der Waals surface area contributed by atoms with Gasteiger partial charge >= 0.3 is 0 Å². The molecule has 0 unspecified atom stereocenters. The van der Waals surface area contributed by atoms with Gasteiger partial charge in [-0.05, 0) is 5.92 Å². The van der Waals surface area contributed by atoms with Crippen LogP contribution in [-0.4, -0.2) is 0 Å². The van der Waals surface area contributed by atoms with Crippen LogP contribution in [0.3, 0.4) is 0 Å². The fraction of sp³-hybridized carbons (Fsp3) is 1.00. The van der Waals surface area contributed by atoms with Crippen LogP contribution in [-0.2, 0) is 0 Å². The van der Waals surface area contributed by atoms with E-state index < -0.39 is 0 Å². The predicted molar refractivity (Wildman–Crippen MR) is 32.2 cm³/mol. The van der Waals surface area contributed by atoms with Crippen molar-refractivity contribution in [1.82, 2.24) is 0 Å². The van der Waals surface area contributed by atoms with Gasteiger partial charge in [-0.25, -0.2) is 0 Å². The van der Waals surface area contributed by atoms with Crippen LogP contribution in [0.25, 0.3) is 0 Å². The molecule has 0 amide bonds. The Labute approximate surface area is 47.3 Å². The molecule has 42 valence electrons. The highest BCUT2D eigenvalue weighted by molar-refractivity contribution is 4.59. The summed E-state index contributed by atoms with van der Waals surface area (Å²) in [7, 11) is 0. The Morgan fingerprint density at radius 1 is 1.29 bits per heavy atom. The monoisotopic (exact) mass is 100 g/mol. The molecule has 0 nitrogen and oxygen atoms in total. The van der Waals surface area contributed by atoms with Gasteiger partial charge in [-0.1, -0.05) is 39.0 Å². The molecule has 0 aliphatic heterocycles. The third-order valence-electron chi connectivity index (χ3n) is 1.72.